The first-order valence-electron chi connectivity index (χ1n) is 7.09. The number of ether oxygens (including phenoxy) is 1. The SMILES string of the molecule is CC(C)(C)N=C(/C=C/c1ccccc1)Oc1ccccc1. The van der Waals surface area contributed by atoms with Crippen LogP contribution < -0.4 is 4.74 Å². The van der Waals surface area contributed by atoms with Gasteiger partial charge in [-0.05, 0) is 44.5 Å². The minimum atomic E-state index is -0.189. The highest BCUT2D eigenvalue weighted by Crippen LogP contribution is 2.14. The average molecular weight is 279 g/mol. The van der Waals surface area contributed by atoms with Gasteiger partial charge in [0.15, 0.2) is 0 Å². The molecule has 0 amide bonds. The molecule has 0 aliphatic heterocycles. The Hall–Kier alpha value is -2.35. The van der Waals surface area contributed by atoms with Gasteiger partial charge in [-0.1, -0.05) is 48.5 Å². The molecule has 21 heavy (non-hydrogen) atoms. The van der Waals surface area contributed by atoms with Gasteiger partial charge in [0.25, 0.3) is 0 Å². The van der Waals surface area contributed by atoms with E-state index in [0.717, 1.165) is 11.3 Å². The first-order chi connectivity index (χ1) is 10.0. The number of rotatable bonds is 3. The molecule has 0 fully saturated rings. The highest BCUT2D eigenvalue weighted by molar-refractivity contribution is 5.93. The van der Waals surface area contributed by atoms with Crippen molar-refractivity contribution in [2.75, 3.05) is 0 Å². The monoisotopic (exact) mass is 279 g/mol. The quantitative estimate of drug-likeness (QED) is 0.574. The second-order valence-corrected chi connectivity index (χ2v) is 5.78. The summed E-state index contributed by atoms with van der Waals surface area (Å²) in [4.78, 5) is 4.63. The van der Waals surface area contributed by atoms with E-state index in [0.29, 0.717) is 5.90 Å². The molecular formula is C19H21NO. The summed E-state index contributed by atoms with van der Waals surface area (Å²) in [6, 6.07) is 19.8. The van der Waals surface area contributed by atoms with Crippen molar-refractivity contribution in [3.05, 3.63) is 72.3 Å². The summed E-state index contributed by atoms with van der Waals surface area (Å²) >= 11 is 0. The molecule has 0 N–H and O–H groups in total. The lowest BCUT2D eigenvalue weighted by Crippen LogP contribution is -2.16. The first kappa shape index (κ1) is 15.0. The van der Waals surface area contributed by atoms with Gasteiger partial charge in [0, 0.05) is 6.08 Å². The lowest BCUT2D eigenvalue weighted by atomic mass is 10.1. The predicted molar refractivity (Wildman–Crippen MR) is 89.7 cm³/mol. The van der Waals surface area contributed by atoms with Gasteiger partial charge in [0.1, 0.15) is 5.75 Å². The van der Waals surface area contributed by atoms with Crippen LogP contribution in [0, 0.1) is 0 Å². The number of aliphatic imine (C=N–C) groups is 1. The number of hydrogen-bond donors (Lipinski definition) is 0. The molecule has 0 spiro atoms. The predicted octanol–water partition coefficient (Wildman–Crippen LogP) is 4.98. The van der Waals surface area contributed by atoms with Crippen molar-refractivity contribution in [1.82, 2.24) is 0 Å². The molecule has 2 aromatic carbocycles. The van der Waals surface area contributed by atoms with Crippen molar-refractivity contribution < 1.29 is 4.74 Å². The van der Waals surface area contributed by atoms with Crippen molar-refractivity contribution in [3.8, 4) is 5.75 Å². The van der Waals surface area contributed by atoms with Gasteiger partial charge in [-0.25, -0.2) is 4.99 Å². The Kier molecular flexibility index (Phi) is 4.94. The van der Waals surface area contributed by atoms with Gasteiger partial charge in [0.2, 0.25) is 5.90 Å². The summed E-state index contributed by atoms with van der Waals surface area (Å²) in [5, 5.41) is 0. The Morgan fingerprint density at radius 1 is 0.905 bits per heavy atom. The maximum absolute atomic E-state index is 5.88. The van der Waals surface area contributed by atoms with E-state index in [4.69, 9.17) is 4.74 Å². The van der Waals surface area contributed by atoms with Gasteiger partial charge < -0.3 is 4.74 Å². The fourth-order valence-electron chi connectivity index (χ4n) is 1.77. The number of benzene rings is 2. The highest BCUT2D eigenvalue weighted by Gasteiger charge is 2.10. The zero-order valence-electron chi connectivity index (χ0n) is 12.8. The van der Waals surface area contributed by atoms with Crippen molar-refractivity contribution in [2.45, 2.75) is 26.3 Å². The molecule has 0 saturated heterocycles. The van der Waals surface area contributed by atoms with E-state index in [2.05, 4.69) is 25.8 Å². The van der Waals surface area contributed by atoms with Crippen LogP contribution in [0.2, 0.25) is 0 Å². The number of para-hydroxylation sites is 1. The summed E-state index contributed by atoms with van der Waals surface area (Å²) in [5.74, 6) is 1.40. The van der Waals surface area contributed by atoms with E-state index < -0.39 is 0 Å². The van der Waals surface area contributed by atoms with Crippen LogP contribution in [0.3, 0.4) is 0 Å². The van der Waals surface area contributed by atoms with Crippen LogP contribution in [0.1, 0.15) is 26.3 Å². The maximum Gasteiger partial charge on any atom is 0.215 e. The third kappa shape index (κ3) is 5.65. The fraction of sp³-hybridized carbons (Fsp3) is 0.211. The van der Waals surface area contributed by atoms with Crippen LogP contribution in [-0.2, 0) is 0 Å². The van der Waals surface area contributed by atoms with Crippen LogP contribution in [0.25, 0.3) is 6.08 Å². The molecule has 2 aromatic rings. The van der Waals surface area contributed by atoms with Crippen LogP contribution in [0.5, 0.6) is 5.75 Å². The molecule has 0 atom stereocenters. The van der Waals surface area contributed by atoms with Crippen LogP contribution in [0.4, 0.5) is 0 Å². The van der Waals surface area contributed by atoms with Gasteiger partial charge >= 0.3 is 0 Å². The van der Waals surface area contributed by atoms with Gasteiger partial charge in [-0.3, -0.25) is 0 Å². The second kappa shape index (κ2) is 6.89. The molecule has 0 radical (unpaired) electrons. The van der Waals surface area contributed by atoms with E-state index in [9.17, 15) is 0 Å². The minimum Gasteiger partial charge on any atom is -0.439 e. The minimum absolute atomic E-state index is 0.189. The Labute approximate surface area is 126 Å². The van der Waals surface area contributed by atoms with Gasteiger partial charge in [-0.2, -0.15) is 0 Å². The van der Waals surface area contributed by atoms with Crippen LogP contribution in [0.15, 0.2) is 71.7 Å². The smallest absolute Gasteiger partial charge is 0.215 e. The van der Waals surface area contributed by atoms with Gasteiger partial charge in [-0.15, -0.1) is 0 Å². The van der Waals surface area contributed by atoms with Gasteiger partial charge in [0.05, 0.1) is 5.54 Å². The van der Waals surface area contributed by atoms with Crippen molar-refractivity contribution >= 4 is 12.0 Å². The van der Waals surface area contributed by atoms with E-state index in [1.165, 1.54) is 0 Å². The molecule has 2 nitrogen and oxygen atoms in total. The van der Waals surface area contributed by atoms with Crippen LogP contribution >= 0.6 is 0 Å². The third-order valence-corrected chi connectivity index (χ3v) is 2.63. The molecule has 2 heteroatoms. The van der Waals surface area contributed by atoms with Crippen molar-refractivity contribution in [3.63, 3.8) is 0 Å². The standard InChI is InChI=1S/C19H21NO/c1-19(2,3)20-18(21-17-12-8-5-9-13-17)15-14-16-10-6-4-7-11-16/h4-15H,1-3H3/b15-14+,20-18?. The molecule has 0 aliphatic carbocycles. The average Bonchev–Trinajstić information content (AvgIpc) is 2.45. The Morgan fingerprint density at radius 2 is 1.48 bits per heavy atom. The summed E-state index contributed by atoms with van der Waals surface area (Å²) in [6.07, 6.45) is 3.92. The van der Waals surface area contributed by atoms with E-state index in [-0.39, 0.29) is 5.54 Å². The van der Waals surface area contributed by atoms with E-state index >= 15 is 0 Å². The Morgan fingerprint density at radius 3 is 2.05 bits per heavy atom. The summed E-state index contributed by atoms with van der Waals surface area (Å²) in [6.45, 7) is 6.16. The first-order valence-corrected chi connectivity index (χ1v) is 7.09. The van der Waals surface area contributed by atoms with E-state index in [1.807, 2.05) is 72.8 Å². The van der Waals surface area contributed by atoms with E-state index in [1.54, 1.807) is 0 Å². The van der Waals surface area contributed by atoms with Crippen LogP contribution in [-0.4, -0.2) is 11.4 Å². The lowest BCUT2D eigenvalue weighted by molar-refractivity contribution is 0.513. The molecule has 2 rings (SSSR count). The largest absolute Gasteiger partial charge is 0.439 e. The Bertz CT molecular complexity index is 607. The number of hydrogen-bond acceptors (Lipinski definition) is 2. The summed E-state index contributed by atoms with van der Waals surface area (Å²) in [7, 11) is 0. The molecular weight excluding hydrogens is 258 g/mol. The number of nitrogens with zero attached hydrogens (tertiary/aromatic N) is 1. The fourth-order valence-corrected chi connectivity index (χ4v) is 1.77. The topological polar surface area (TPSA) is 21.6 Å². The molecule has 0 bridgehead atoms. The summed E-state index contributed by atoms with van der Waals surface area (Å²) < 4.78 is 5.88. The third-order valence-electron chi connectivity index (χ3n) is 2.63. The Balaban J connectivity index is 2.21. The zero-order valence-corrected chi connectivity index (χ0v) is 12.8. The molecule has 0 saturated carbocycles. The highest BCUT2D eigenvalue weighted by atomic mass is 16.5. The molecule has 0 aliphatic rings. The lowest BCUT2D eigenvalue weighted by Gasteiger charge is -2.14. The maximum atomic E-state index is 5.88. The molecule has 108 valence electrons. The van der Waals surface area contributed by atoms with Crippen molar-refractivity contribution in [1.29, 1.82) is 0 Å². The zero-order chi connectivity index (χ0) is 15.1. The van der Waals surface area contributed by atoms with Crippen molar-refractivity contribution in [2.24, 2.45) is 4.99 Å². The summed E-state index contributed by atoms with van der Waals surface area (Å²) in [5.41, 5.74) is 0.932. The second-order valence-electron chi connectivity index (χ2n) is 5.78. The molecule has 0 heterocycles. The normalized spacial score (nSPS) is 12.6. The molecule has 0 unspecified atom stereocenters. The molecule has 0 aromatic heterocycles.